The van der Waals surface area contributed by atoms with Crippen molar-refractivity contribution in [1.29, 1.82) is 0 Å². The molecule has 0 spiro atoms. The number of carbonyl (C=O) groups excluding carboxylic acids is 1. The first-order valence-corrected chi connectivity index (χ1v) is 9.74. The summed E-state index contributed by atoms with van der Waals surface area (Å²) in [5.74, 6) is -1.43. The van der Waals surface area contributed by atoms with Crippen molar-refractivity contribution in [2.24, 2.45) is 4.99 Å². The minimum absolute atomic E-state index is 0.192. The summed E-state index contributed by atoms with van der Waals surface area (Å²) in [6, 6.07) is 17.5. The second kappa shape index (κ2) is 9.75. The standard InChI is InChI=1S/C24H23NO6/c1-15(20-22(27)21(16(2)26)24(29)31-23(20)28)25-14-18-8-10-19(11-9-18)30-13-12-17-6-4-3-5-7-17/h3-11,27,29H,12-14H2,1-2H3. The maximum absolute atomic E-state index is 12.0. The van der Waals surface area contributed by atoms with Crippen LogP contribution < -0.4 is 10.4 Å². The van der Waals surface area contributed by atoms with Gasteiger partial charge in [-0.3, -0.25) is 9.79 Å². The average Bonchev–Trinajstić information content (AvgIpc) is 2.73. The van der Waals surface area contributed by atoms with E-state index in [4.69, 9.17) is 4.74 Å². The third-order valence-electron chi connectivity index (χ3n) is 4.72. The molecule has 7 heteroatoms. The normalized spacial score (nSPS) is 11.4. The summed E-state index contributed by atoms with van der Waals surface area (Å²) >= 11 is 0. The number of benzene rings is 2. The van der Waals surface area contributed by atoms with Gasteiger partial charge in [0.2, 0.25) is 0 Å². The molecule has 0 aliphatic rings. The Balaban J connectivity index is 1.66. The average molecular weight is 421 g/mol. The second-order valence-corrected chi connectivity index (χ2v) is 6.98. The van der Waals surface area contributed by atoms with Gasteiger partial charge in [0.15, 0.2) is 5.78 Å². The molecule has 0 radical (unpaired) electrons. The van der Waals surface area contributed by atoms with Crippen molar-refractivity contribution in [2.45, 2.75) is 26.8 Å². The van der Waals surface area contributed by atoms with Gasteiger partial charge in [0.1, 0.15) is 22.6 Å². The van der Waals surface area contributed by atoms with Gasteiger partial charge in [0.05, 0.1) is 18.9 Å². The van der Waals surface area contributed by atoms with E-state index in [0.717, 1.165) is 24.7 Å². The van der Waals surface area contributed by atoms with Crippen molar-refractivity contribution in [3.63, 3.8) is 0 Å². The zero-order chi connectivity index (χ0) is 22.4. The first-order valence-electron chi connectivity index (χ1n) is 9.74. The third-order valence-corrected chi connectivity index (χ3v) is 4.72. The number of hydrogen-bond donors (Lipinski definition) is 2. The summed E-state index contributed by atoms with van der Waals surface area (Å²) in [5, 5.41) is 19.9. The summed E-state index contributed by atoms with van der Waals surface area (Å²) < 4.78 is 10.4. The van der Waals surface area contributed by atoms with Gasteiger partial charge in [-0.15, -0.1) is 0 Å². The van der Waals surface area contributed by atoms with Crippen LogP contribution in [0.25, 0.3) is 0 Å². The predicted molar refractivity (Wildman–Crippen MR) is 116 cm³/mol. The van der Waals surface area contributed by atoms with Crippen LogP contribution in [0.2, 0.25) is 0 Å². The molecule has 1 aromatic heterocycles. The molecule has 2 N–H and O–H groups in total. The van der Waals surface area contributed by atoms with Gasteiger partial charge in [0, 0.05) is 6.42 Å². The molecule has 2 aromatic carbocycles. The van der Waals surface area contributed by atoms with E-state index >= 15 is 0 Å². The van der Waals surface area contributed by atoms with Crippen LogP contribution in [0.3, 0.4) is 0 Å². The summed E-state index contributed by atoms with van der Waals surface area (Å²) in [7, 11) is 0. The summed E-state index contributed by atoms with van der Waals surface area (Å²) in [4.78, 5) is 28.0. The Morgan fingerprint density at radius 2 is 1.65 bits per heavy atom. The van der Waals surface area contributed by atoms with E-state index in [1.54, 1.807) is 0 Å². The first-order chi connectivity index (χ1) is 14.9. The van der Waals surface area contributed by atoms with E-state index in [0.29, 0.717) is 6.61 Å². The molecule has 0 aliphatic carbocycles. The smallest absolute Gasteiger partial charge is 0.351 e. The first kappa shape index (κ1) is 21.8. The highest BCUT2D eigenvalue weighted by Crippen LogP contribution is 2.28. The van der Waals surface area contributed by atoms with Gasteiger partial charge in [-0.1, -0.05) is 42.5 Å². The van der Waals surface area contributed by atoms with Crippen LogP contribution in [-0.4, -0.2) is 28.3 Å². The summed E-state index contributed by atoms with van der Waals surface area (Å²) in [5.41, 5.74) is 0.605. The molecular weight excluding hydrogens is 398 g/mol. The van der Waals surface area contributed by atoms with Crippen LogP contribution in [-0.2, 0) is 13.0 Å². The molecule has 0 fully saturated rings. The van der Waals surface area contributed by atoms with Crippen molar-refractivity contribution in [2.75, 3.05) is 6.61 Å². The Morgan fingerprint density at radius 3 is 2.29 bits per heavy atom. The fraction of sp³-hybridized carbons (Fsp3) is 0.208. The molecule has 0 atom stereocenters. The van der Waals surface area contributed by atoms with E-state index in [9.17, 15) is 19.8 Å². The van der Waals surface area contributed by atoms with Crippen molar-refractivity contribution in [3.05, 3.63) is 87.3 Å². The number of ether oxygens (including phenoxy) is 1. The maximum Gasteiger partial charge on any atom is 0.351 e. The molecule has 0 amide bonds. The fourth-order valence-corrected chi connectivity index (χ4v) is 3.06. The minimum atomic E-state index is -0.969. The number of carbonyl (C=O) groups is 1. The molecule has 160 valence electrons. The largest absolute Gasteiger partial charge is 0.506 e. The maximum atomic E-state index is 12.0. The van der Waals surface area contributed by atoms with Crippen molar-refractivity contribution in [3.8, 4) is 17.4 Å². The lowest BCUT2D eigenvalue weighted by Gasteiger charge is -2.08. The SMILES string of the molecule is CC(=O)c1c(O)oc(=O)c(C(C)=NCc2ccc(OCCc3ccccc3)cc2)c1O. The molecule has 31 heavy (non-hydrogen) atoms. The molecule has 3 aromatic rings. The van der Waals surface area contributed by atoms with Crippen LogP contribution in [0.4, 0.5) is 0 Å². The Bertz CT molecular complexity index is 1150. The molecule has 3 rings (SSSR count). The quantitative estimate of drug-likeness (QED) is 0.422. The van der Waals surface area contributed by atoms with Gasteiger partial charge >= 0.3 is 5.63 Å². The topological polar surface area (TPSA) is 109 Å². The van der Waals surface area contributed by atoms with E-state index < -0.39 is 28.7 Å². The minimum Gasteiger partial charge on any atom is -0.506 e. The van der Waals surface area contributed by atoms with Gasteiger partial charge in [-0.25, -0.2) is 4.79 Å². The van der Waals surface area contributed by atoms with Crippen LogP contribution in [0.5, 0.6) is 17.4 Å². The lowest BCUT2D eigenvalue weighted by molar-refractivity contribution is 0.100. The van der Waals surface area contributed by atoms with Crippen molar-refractivity contribution < 1.29 is 24.2 Å². The molecule has 0 bridgehead atoms. The van der Waals surface area contributed by atoms with E-state index in [1.165, 1.54) is 12.5 Å². The predicted octanol–water partition coefficient (Wildman–Crippen LogP) is 3.88. The molecule has 0 saturated carbocycles. The van der Waals surface area contributed by atoms with Gasteiger partial charge < -0.3 is 19.4 Å². The number of ketones is 1. The van der Waals surface area contributed by atoms with Crippen LogP contribution in [0.15, 0.2) is 68.8 Å². The number of aromatic hydroxyl groups is 2. The fourth-order valence-electron chi connectivity index (χ4n) is 3.06. The number of nitrogens with zero attached hydrogens (tertiary/aromatic N) is 1. The van der Waals surface area contributed by atoms with Gasteiger partial charge in [-0.05, 0) is 37.1 Å². The highest BCUT2D eigenvalue weighted by molar-refractivity contribution is 6.06. The van der Waals surface area contributed by atoms with E-state index in [2.05, 4.69) is 21.5 Å². The lowest BCUT2D eigenvalue weighted by Crippen LogP contribution is -2.15. The summed E-state index contributed by atoms with van der Waals surface area (Å²) in [6.07, 6.45) is 0.813. The molecule has 7 nitrogen and oxygen atoms in total. The van der Waals surface area contributed by atoms with Crippen LogP contribution in [0, 0.1) is 0 Å². The van der Waals surface area contributed by atoms with Crippen molar-refractivity contribution in [1.82, 2.24) is 0 Å². The Kier molecular flexibility index (Phi) is 6.87. The third kappa shape index (κ3) is 5.39. The second-order valence-electron chi connectivity index (χ2n) is 6.98. The van der Waals surface area contributed by atoms with Gasteiger partial charge in [-0.2, -0.15) is 0 Å². The number of hydrogen-bond acceptors (Lipinski definition) is 7. The molecular formula is C24H23NO6. The highest BCUT2D eigenvalue weighted by Gasteiger charge is 2.23. The van der Waals surface area contributed by atoms with Crippen molar-refractivity contribution >= 4 is 11.5 Å². The molecule has 0 aliphatic heterocycles. The lowest BCUT2D eigenvalue weighted by atomic mass is 10.1. The van der Waals surface area contributed by atoms with Crippen LogP contribution >= 0.6 is 0 Å². The van der Waals surface area contributed by atoms with E-state index in [1.807, 2.05) is 42.5 Å². The number of rotatable bonds is 8. The number of aliphatic imine (C=N–C) groups is 1. The highest BCUT2D eigenvalue weighted by atomic mass is 16.5. The molecule has 0 saturated heterocycles. The zero-order valence-corrected chi connectivity index (χ0v) is 17.3. The molecule has 0 unspecified atom stereocenters. The Hall–Kier alpha value is -3.87. The van der Waals surface area contributed by atoms with E-state index in [-0.39, 0.29) is 17.8 Å². The van der Waals surface area contributed by atoms with Crippen LogP contribution in [0.1, 0.15) is 40.9 Å². The molecule has 1 heterocycles. The Labute approximate surface area is 179 Å². The monoisotopic (exact) mass is 421 g/mol. The number of Topliss-reactive ketones (excluding diaryl/α,β-unsaturated/α-hetero) is 1. The van der Waals surface area contributed by atoms with Gasteiger partial charge in [0.25, 0.3) is 5.95 Å². The zero-order valence-electron chi connectivity index (χ0n) is 17.3. The summed E-state index contributed by atoms with van der Waals surface area (Å²) in [6.45, 7) is 3.48. The Morgan fingerprint density at radius 1 is 0.968 bits per heavy atom.